The van der Waals surface area contributed by atoms with E-state index >= 15 is 0 Å². The molecule has 0 bridgehead atoms. The second-order valence-electron chi connectivity index (χ2n) is 2.69. The SMILES string of the molecule is CNCCC(CO)N(C)C. The third kappa shape index (κ3) is 3.82. The Morgan fingerprint density at radius 2 is 2.10 bits per heavy atom. The summed E-state index contributed by atoms with van der Waals surface area (Å²) in [5.74, 6) is 0. The standard InChI is InChI=1S/C7H18N2O/c1-8-5-4-7(6-10)9(2)3/h7-8,10H,4-6H2,1-3H3. The molecule has 0 aliphatic carbocycles. The Hall–Kier alpha value is -0.120. The minimum absolute atomic E-state index is 0.245. The average molecular weight is 146 g/mol. The van der Waals surface area contributed by atoms with Crippen LogP contribution in [0.3, 0.4) is 0 Å². The number of aliphatic hydroxyl groups excluding tert-OH is 1. The van der Waals surface area contributed by atoms with Crippen molar-refractivity contribution in [2.24, 2.45) is 0 Å². The lowest BCUT2D eigenvalue weighted by atomic mass is 10.2. The van der Waals surface area contributed by atoms with Crippen molar-refractivity contribution in [2.75, 3.05) is 34.3 Å². The zero-order valence-corrected chi connectivity index (χ0v) is 7.09. The summed E-state index contributed by atoms with van der Waals surface area (Å²) in [6, 6.07) is 0.299. The summed E-state index contributed by atoms with van der Waals surface area (Å²) >= 11 is 0. The first-order valence-corrected chi connectivity index (χ1v) is 3.64. The number of nitrogens with one attached hydrogen (secondary N) is 1. The Balaban J connectivity index is 3.40. The molecule has 0 aliphatic heterocycles. The maximum absolute atomic E-state index is 8.85. The lowest BCUT2D eigenvalue weighted by Crippen LogP contribution is -2.33. The molecule has 0 aromatic rings. The van der Waals surface area contributed by atoms with E-state index in [0.717, 1.165) is 13.0 Å². The maximum Gasteiger partial charge on any atom is 0.0587 e. The summed E-state index contributed by atoms with van der Waals surface area (Å²) in [5, 5.41) is 11.9. The molecule has 0 aromatic carbocycles. The van der Waals surface area contributed by atoms with E-state index < -0.39 is 0 Å². The molecule has 2 N–H and O–H groups in total. The summed E-state index contributed by atoms with van der Waals surface area (Å²) in [6.45, 7) is 1.21. The molecule has 1 atom stereocenters. The van der Waals surface area contributed by atoms with Crippen molar-refractivity contribution < 1.29 is 5.11 Å². The minimum atomic E-state index is 0.245. The first-order chi connectivity index (χ1) is 4.72. The molecule has 0 saturated carbocycles. The van der Waals surface area contributed by atoms with Gasteiger partial charge >= 0.3 is 0 Å². The van der Waals surface area contributed by atoms with Crippen molar-refractivity contribution in [2.45, 2.75) is 12.5 Å². The molecule has 0 radical (unpaired) electrons. The molecular weight excluding hydrogens is 128 g/mol. The monoisotopic (exact) mass is 146 g/mol. The molecule has 62 valence electrons. The molecule has 0 heterocycles. The quantitative estimate of drug-likeness (QED) is 0.550. The lowest BCUT2D eigenvalue weighted by molar-refractivity contribution is 0.162. The summed E-state index contributed by atoms with van der Waals surface area (Å²) in [4.78, 5) is 2.04. The highest BCUT2D eigenvalue weighted by molar-refractivity contribution is 4.64. The van der Waals surface area contributed by atoms with Crippen molar-refractivity contribution in [3.8, 4) is 0 Å². The molecule has 0 saturated heterocycles. The van der Waals surface area contributed by atoms with Crippen LogP contribution in [0.5, 0.6) is 0 Å². The van der Waals surface area contributed by atoms with Crippen LogP contribution in [0.2, 0.25) is 0 Å². The zero-order valence-electron chi connectivity index (χ0n) is 7.09. The number of hydrogen-bond acceptors (Lipinski definition) is 3. The van der Waals surface area contributed by atoms with Crippen LogP contribution in [-0.4, -0.2) is 50.3 Å². The van der Waals surface area contributed by atoms with Crippen LogP contribution in [0.15, 0.2) is 0 Å². The van der Waals surface area contributed by atoms with Crippen molar-refractivity contribution in [3.05, 3.63) is 0 Å². The van der Waals surface area contributed by atoms with Crippen molar-refractivity contribution >= 4 is 0 Å². The molecule has 0 spiro atoms. The van der Waals surface area contributed by atoms with E-state index in [1.54, 1.807) is 0 Å². The molecular formula is C7H18N2O. The molecule has 1 unspecified atom stereocenters. The summed E-state index contributed by atoms with van der Waals surface area (Å²) < 4.78 is 0. The number of rotatable bonds is 5. The molecule has 0 aliphatic rings. The summed E-state index contributed by atoms with van der Waals surface area (Å²) in [7, 11) is 5.89. The largest absolute Gasteiger partial charge is 0.395 e. The van der Waals surface area contributed by atoms with Gasteiger partial charge < -0.3 is 15.3 Å². The van der Waals surface area contributed by atoms with Crippen LogP contribution in [-0.2, 0) is 0 Å². The predicted octanol–water partition coefficient (Wildman–Crippen LogP) is -0.482. The van der Waals surface area contributed by atoms with E-state index in [1.807, 2.05) is 26.0 Å². The number of hydrogen-bond donors (Lipinski definition) is 2. The number of likely N-dealkylation sites (N-methyl/N-ethyl adjacent to an activating group) is 1. The Bertz CT molecular complexity index is 76.0. The average Bonchev–Trinajstić information content (AvgIpc) is 1.89. The van der Waals surface area contributed by atoms with Crippen LogP contribution in [0.4, 0.5) is 0 Å². The topological polar surface area (TPSA) is 35.5 Å². The Morgan fingerprint density at radius 3 is 2.40 bits per heavy atom. The van der Waals surface area contributed by atoms with Gasteiger partial charge in [-0.15, -0.1) is 0 Å². The Kier molecular flexibility index (Phi) is 5.58. The summed E-state index contributed by atoms with van der Waals surface area (Å²) in [6.07, 6.45) is 1.00. The molecule has 0 fully saturated rings. The predicted molar refractivity (Wildman–Crippen MR) is 43.1 cm³/mol. The highest BCUT2D eigenvalue weighted by Crippen LogP contribution is 1.95. The van der Waals surface area contributed by atoms with Gasteiger partial charge in [0.2, 0.25) is 0 Å². The maximum atomic E-state index is 8.85. The van der Waals surface area contributed by atoms with Gasteiger partial charge in [-0.05, 0) is 34.1 Å². The molecule has 0 amide bonds. The Morgan fingerprint density at radius 1 is 1.50 bits per heavy atom. The van der Waals surface area contributed by atoms with Crippen LogP contribution < -0.4 is 5.32 Å². The first kappa shape index (κ1) is 9.88. The molecule has 10 heavy (non-hydrogen) atoms. The van der Waals surface area contributed by atoms with Crippen LogP contribution in [0, 0.1) is 0 Å². The van der Waals surface area contributed by atoms with Gasteiger partial charge in [0.1, 0.15) is 0 Å². The van der Waals surface area contributed by atoms with Gasteiger partial charge in [0.25, 0.3) is 0 Å². The highest BCUT2D eigenvalue weighted by atomic mass is 16.3. The highest BCUT2D eigenvalue weighted by Gasteiger charge is 2.07. The van der Waals surface area contributed by atoms with Gasteiger partial charge in [0, 0.05) is 6.04 Å². The van der Waals surface area contributed by atoms with Crippen molar-refractivity contribution in [1.29, 1.82) is 0 Å². The fourth-order valence-electron chi connectivity index (χ4n) is 0.824. The van der Waals surface area contributed by atoms with Crippen molar-refractivity contribution in [1.82, 2.24) is 10.2 Å². The van der Waals surface area contributed by atoms with Gasteiger partial charge in [-0.1, -0.05) is 0 Å². The van der Waals surface area contributed by atoms with E-state index in [4.69, 9.17) is 5.11 Å². The molecule has 0 rings (SSSR count). The van der Waals surface area contributed by atoms with Crippen LogP contribution >= 0.6 is 0 Å². The fraction of sp³-hybridized carbons (Fsp3) is 1.00. The van der Waals surface area contributed by atoms with E-state index in [1.165, 1.54) is 0 Å². The van der Waals surface area contributed by atoms with E-state index in [-0.39, 0.29) is 6.61 Å². The molecule has 3 nitrogen and oxygen atoms in total. The second kappa shape index (κ2) is 5.65. The third-order valence-electron chi connectivity index (χ3n) is 1.67. The minimum Gasteiger partial charge on any atom is -0.395 e. The molecule has 3 heteroatoms. The fourth-order valence-corrected chi connectivity index (χ4v) is 0.824. The number of nitrogens with zero attached hydrogens (tertiary/aromatic N) is 1. The first-order valence-electron chi connectivity index (χ1n) is 3.64. The third-order valence-corrected chi connectivity index (χ3v) is 1.67. The second-order valence-corrected chi connectivity index (χ2v) is 2.69. The smallest absolute Gasteiger partial charge is 0.0587 e. The van der Waals surface area contributed by atoms with E-state index in [2.05, 4.69) is 5.32 Å². The number of aliphatic hydroxyl groups is 1. The van der Waals surface area contributed by atoms with Crippen molar-refractivity contribution in [3.63, 3.8) is 0 Å². The van der Waals surface area contributed by atoms with Crippen LogP contribution in [0.25, 0.3) is 0 Å². The van der Waals surface area contributed by atoms with E-state index in [9.17, 15) is 0 Å². The van der Waals surface area contributed by atoms with Gasteiger partial charge in [-0.3, -0.25) is 0 Å². The van der Waals surface area contributed by atoms with Gasteiger partial charge in [-0.25, -0.2) is 0 Å². The van der Waals surface area contributed by atoms with Gasteiger partial charge in [0.15, 0.2) is 0 Å². The van der Waals surface area contributed by atoms with Gasteiger partial charge in [0.05, 0.1) is 6.61 Å². The Labute approximate surface area is 63.0 Å². The molecule has 0 aromatic heterocycles. The van der Waals surface area contributed by atoms with Crippen LogP contribution in [0.1, 0.15) is 6.42 Å². The zero-order chi connectivity index (χ0) is 7.98. The normalized spacial score (nSPS) is 14.1. The van der Waals surface area contributed by atoms with E-state index in [0.29, 0.717) is 6.04 Å². The van der Waals surface area contributed by atoms with Gasteiger partial charge in [-0.2, -0.15) is 0 Å². The lowest BCUT2D eigenvalue weighted by Gasteiger charge is -2.21. The summed E-state index contributed by atoms with van der Waals surface area (Å²) in [5.41, 5.74) is 0.